The second kappa shape index (κ2) is 5.70. The SMILES string of the molecule is CC(C)Oc1cccc(C23CCCNC(=O)C2CCC3)c1. The highest BCUT2D eigenvalue weighted by atomic mass is 16.5. The van der Waals surface area contributed by atoms with E-state index in [1.807, 2.05) is 19.9 Å². The Kier molecular flexibility index (Phi) is 3.92. The van der Waals surface area contributed by atoms with Crippen LogP contribution < -0.4 is 10.1 Å². The largest absolute Gasteiger partial charge is 0.491 e. The summed E-state index contributed by atoms with van der Waals surface area (Å²) in [5.41, 5.74) is 1.32. The maximum Gasteiger partial charge on any atom is 0.224 e. The first-order chi connectivity index (χ1) is 10.1. The fourth-order valence-electron chi connectivity index (χ4n) is 4.13. The molecular weight excluding hydrogens is 262 g/mol. The molecule has 1 aliphatic heterocycles. The number of nitrogens with one attached hydrogen (secondary N) is 1. The number of hydrogen-bond acceptors (Lipinski definition) is 2. The summed E-state index contributed by atoms with van der Waals surface area (Å²) in [6, 6.07) is 8.43. The molecule has 2 atom stereocenters. The Labute approximate surface area is 127 Å². The standard InChI is InChI=1S/C18H25NO2/c1-13(2)21-15-7-3-6-14(12-15)18-9-4-8-16(18)17(20)19-11-5-10-18/h3,6-7,12-13,16H,4-5,8-11H2,1-2H3,(H,19,20). The highest BCUT2D eigenvalue weighted by Crippen LogP contribution is 2.50. The van der Waals surface area contributed by atoms with Crippen molar-refractivity contribution >= 4 is 5.91 Å². The van der Waals surface area contributed by atoms with Crippen LogP contribution in [0.4, 0.5) is 0 Å². The molecule has 1 heterocycles. The molecule has 0 radical (unpaired) electrons. The van der Waals surface area contributed by atoms with Gasteiger partial charge in [-0.1, -0.05) is 18.6 Å². The first-order valence-electron chi connectivity index (χ1n) is 8.17. The zero-order valence-corrected chi connectivity index (χ0v) is 13.0. The van der Waals surface area contributed by atoms with E-state index in [2.05, 4.69) is 23.5 Å². The van der Waals surface area contributed by atoms with Gasteiger partial charge in [-0.2, -0.15) is 0 Å². The molecule has 2 aliphatic rings. The number of rotatable bonds is 3. The van der Waals surface area contributed by atoms with E-state index in [0.717, 1.165) is 44.4 Å². The van der Waals surface area contributed by atoms with E-state index >= 15 is 0 Å². The third-order valence-electron chi connectivity index (χ3n) is 4.98. The highest BCUT2D eigenvalue weighted by molar-refractivity contribution is 5.81. The Morgan fingerprint density at radius 3 is 2.90 bits per heavy atom. The molecule has 1 aromatic carbocycles. The lowest BCUT2D eigenvalue weighted by atomic mass is 9.69. The molecule has 3 heteroatoms. The molecule has 1 N–H and O–H groups in total. The smallest absolute Gasteiger partial charge is 0.224 e. The van der Waals surface area contributed by atoms with Crippen molar-refractivity contribution in [3.63, 3.8) is 0 Å². The van der Waals surface area contributed by atoms with Crippen LogP contribution in [0.5, 0.6) is 5.75 Å². The molecular formula is C18H25NO2. The molecule has 1 aromatic rings. The topological polar surface area (TPSA) is 38.3 Å². The number of hydrogen-bond donors (Lipinski definition) is 1. The van der Waals surface area contributed by atoms with Crippen LogP contribution in [0.25, 0.3) is 0 Å². The fraction of sp³-hybridized carbons (Fsp3) is 0.611. The summed E-state index contributed by atoms with van der Waals surface area (Å²) in [5, 5.41) is 3.09. The Balaban J connectivity index is 1.97. The van der Waals surface area contributed by atoms with Gasteiger partial charge in [0.05, 0.1) is 6.10 Å². The summed E-state index contributed by atoms with van der Waals surface area (Å²) in [7, 11) is 0. The number of carbonyl (C=O) groups excluding carboxylic acids is 1. The third kappa shape index (κ3) is 2.66. The Bertz CT molecular complexity index is 526. The first-order valence-corrected chi connectivity index (χ1v) is 8.17. The van der Waals surface area contributed by atoms with Gasteiger partial charge in [-0.3, -0.25) is 4.79 Å². The van der Waals surface area contributed by atoms with E-state index in [0.29, 0.717) is 0 Å². The van der Waals surface area contributed by atoms with Gasteiger partial charge in [0.15, 0.2) is 0 Å². The molecule has 2 fully saturated rings. The van der Waals surface area contributed by atoms with Gasteiger partial charge >= 0.3 is 0 Å². The van der Waals surface area contributed by atoms with E-state index < -0.39 is 0 Å². The minimum atomic E-state index is 0.0247. The predicted octanol–water partition coefficient (Wildman–Crippen LogP) is 3.42. The predicted molar refractivity (Wildman–Crippen MR) is 83.5 cm³/mol. The molecule has 0 aromatic heterocycles. The molecule has 114 valence electrons. The van der Waals surface area contributed by atoms with Gasteiger partial charge in [0.1, 0.15) is 5.75 Å². The van der Waals surface area contributed by atoms with E-state index in [1.54, 1.807) is 0 Å². The monoisotopic (exact) mass is 287 g/mol. The summed E-state index contributed by atoms with van der Waals surface area (Å²) in [5.74, 6) is 1.31. The van der Waals surface area contributed by atoms with Crippen LogP contribution in [0.2, 0.25) is 0 Å². The number of benzene rings is 1. The number of ether oxygens (including phenoxy) is 1. The molecule has 1 saturated carbocycles. The average Bonchev–Trinajstić information content (AvgIpc) is 2.82. The number of fused-ring (bicyclic) bond motifs is 1. The van der Waals surface area contributed by atoms with Gasteiger partial charge in [0.2, 0.25) is 5.91 Å². The first kappa shape index (κ1) is 14.4. The normalized spacial score (nSPS) is 28.9. The maximum absolute atomic E-state index is 12.4. The van der Waals surface area contributed by atoms with E-state index in [9.17, 15) is 4.79 Å². The molecule has 2 unspecified atom stereocenters. The summed E-state index contributed by atoms with van der Waals surface area (Å²) < 4.78 is 5.85. The van der Waals surface area contributed by atoms with Crippen LogP contribution in [0.15, 0.2) is 24.3 Å². The quantitative estimate of drug-likeness (QED) is 0.925. The molecule has 3 rings (SSSR count). The van der Waals surface area contributed by atoms with Gasteiger partial charge in [0, 0.05) is 17.9 Å². The zero-order chi connectivity index (χ0) is 14.9. The van der Waals surface area contributed by atoms with Crippen molar-refractivity contribution in [3.8, 4) is 5.75 Å². The molecule has 21 heavy (non-hydrogen) atoms. The van der Waals surface area contributed by atoms with Crippen molar-refractivity contribution in [3.05, 3.63) is 29.8 Å². The van der Waals surface area contributed by atoms with Crippen LogP contribution in [0.3, 0.4) is 0 Å². The average molecular weight is 287 g/mol. The van der Waals surface area contributed by atoms with E-state index in [4.69, 9.17) is 4.74 Å². The summed E-state index contributed by atoms with van der Waals surface area (Å²) >= 11 is 0. The minimum Gasteiger partial charge on any atom is -0.491 e. The third-order valence-corrected chi connectivity index (χ3v) is 4.98. The lowest BCUT2D eigenvalue weighted by Gasteiger charge is -2.34. The van der Waals surface area contributed by atoms with Gasteiger partial charge in [-0.25, -0.2) is 0 Å². The van der Waals surface area contributed by atoms with Crippen LogP contribution >= 0.6 is 0 Å². The Morgan fingerprint density at radius 1 is 1.29 bits per heavy atom. The lowest BCUT2D eigenvalue weighted by molar-refractivity contribution is -0.125. The van der Waals surface area contributed by atoms with Gasteiger partial charge in [-0.05, 0) is 57.2 Å². The Morgan fingerprint density at radius 2 is 2.10 bits per heavy atom. The van der Waals surface area contributed by atoms with E-state index in [1.165, 1.54) is 5.56 Å². The van der Waals surface area contributed by atoms with Crippen LogP contribution in [-0.4, -0.2) is 18.6 Å². The maximum atomic E-state index is 12.4. The van der Waals surface area contributed by atoms with E-state index in [-0.39, 0.29) is 23.3 Å². The van der Waals surface area contributed by atoms with Crippen molar-refractivity contribution in [2.75, 3.05) is 6.54 Å². The van der Waals surface area contributed by atoms with Crippen molar-refractivity contribution in [2.45, 2.75) is 57.5 Å². The molecule has 1 amide bonds. The lowest BCUT2D eigenvalue weighted by Crippen LogP contribution is -2.38. The number of carbonyl (C=O) groups is 1. The summed E-state index contributed by atoms with van der Waals surface area (Å²) in [4.78, 5) is 12.4. The van der Waals surface area contributed by atoms with Gasteiger partial charge < -0.3 is 10.1 Å². The molecule has 1 aliphatic carbocycles. The van der Waals surface area contributed by atoms with Crippen molar-refractivity contribution in [1.82, 2.24) is 5.32 Å². The van der Waals surface area contributed by atoms with Crippen molar-refractivity contribution < 1.29 is 9.53 Å². The molecule has 0 bridgehead atoms. The van der Waals surface area contributed by atoms with Crippen LogP contribution in [-0.2, 0) is 10.2 Å². The van der Waals surface area contributed by atoms with Gasteiger partial charge in [-0.15, -0.1) is 0 Å². The Hall–Kier alpha value is -1.51. The van der Waals surface area contributed by atoms with Crippen molar-refractivity contribution in [1.29, 1.82) is 0 Å². The molecule has 0 spiro atoms. The molecule has 1 saturated heterocycles. The van der Waals surface area contributed by atoms with Crippen molar-refractivity contribution in [2.24, 2.45) is 5.92 Å². The highest BCUT2D eigenvalue weighted by Gasteiger charge is 2.48. The number of amides is 1. The molecule has 3 nitrogen and oxygen atoms in total. The van der Waals surface area contributed by atoms with Crippen LogP contribution in [0, 0.1) is 5.92 Å². The fourth-order valence-corrected chi connectivity index (χ4v) is 4.13. The van der Waals surface area contributed by atoms with Crippen LogP contribution in [0.1, 0.15) is 51.5 Å². The second-order valence-corrected chi connectivity index (χ2v) is 6.69. The summed E-state index contributed by atoms with van der Waals surface area (Å²) in [6.07, 6.45) is 5.62. The second-order valence-electron chi connectivity index (χ2n) is 6.69. The summed E-state index contributed by atoms with van der Waals surface area (Å²) in [6.45, 7) is 4.91. The minimum absolute atomic E-state index is 0.0247. The van der Waals surface area contributed by atoms with Gasteiger partial charge in [0.25, 0.3) is 0 Å². The zero-order valence-electron chi connectivity index (χ0n) is 13.0.